The van der Waals surface area contributed by atoms with Crippen molar-refractivity contribution in [3.8, 4) is 0 Å². The lowest BCUT2D eigenvalue weighted by Crippen LogP contribution is -2.44. The number of piperidine rings is 1. The Labute approximate surface area is 156 Å². The van der Waals surface area contributed by atoms with Crippen LogP contribution >= 0.6 is 0 Å². The van der Waals surface area contributed by atoms with Crippen LogP contribution < -0.4 is 10.2 Å². The highest BCUT2D eigenvalue weighted by molar-refractivity contribution is 5.93. The fraction of sp³-hybridized carbons (Fsp3) is 0.600. The summed E-state index contributed by atoms with van der Waals surface area (Å²) < 4.78 is 0. The van der Waals surface area contributed by atoms with Gasteiger partial charge in [0.15, 0.2) is 0 Å². The lowest BCUT2D eigenvalue weighted by atomic mass is 9.95. The summed E-state index contributed by atoms with van der Waals surface area (Å²) in [4.78, 5) is 30.6. The van der Waals surface area contributed by atoms with E-state index in [0.29, 0.717) is 13.1 Å². The molecule has 1 aromatic carbocycles. The predicted molar refractivity (Wildman–Crippen MR) is 104 cm³/mol. The number of carbonyl (C=O) groups is 2. The highest BCUT2D eigenvalue weighted by Crippen LogP contribution is 2.25. The van der Waals surface area contributed by atoms with Gasteiger partial charge in [0, 0.05) is 63.5 Å². The van der Waals surface area contributed by atoms with E-state index in [1.54, 1.807) is 6.92 Å². The molecule has 2 heterocycles. The van der Waals surface area contributed by atoms with Gasteiger partial charge in [-0.1, -0.05) is 0 Å². The number of anilines is 2. The Morgan fingerprint density at radius 2 is 1.69 bits per heavy atom. The van der Waals surface area contributed by atoms with Crippen molar-refractivity contribution in [1.29, 1.82) is 0 Å². The van der Waals surface area contributed by atoms with E-state index in [1.807, 2.05) is 17.9 Å². The van der Waals surface area contributed by atoms with Crippen LogP contribution in [0.5, 0.6) is 0 Å². The molecule has 0 spiro atoms. The summed E-state index contributed by atoms with van der Waals surface area (Å²) in [6, 6.07) is 6.29. The molecule has 0 bridgehead atoms. The van der Waals surface area contributed by atoms with Crippen LogP contribution in [0.1, 0.15) is 25.3 Å². The van der Waals surface area contributed by atoms with Gasteiger partial charge in [0.1, 0.15) is 0 Å². The van der Waals surface area contributed by atoms with Gasteiger partial charge in [-0.15, -0.1) is 0 Å². The number of likely N-dealkylation sites (tertiary alicyclic amines) is 1. The van der Waals surface area contributed by atoms with Gasteiger partial charge in [-0.2, -0.15) is 0 Å². The number of likely N-dealkylation sites (N-methyl/N-ethyl adjacent to an activating group) is 1. The zero-order valence-electron chi connectivity index (χ0n) is 16.1. The Morgan fingerprint density at radius 1 is 1.04 bits per heavy atom. The van der Waals surface area contributed by atoms with Crippen LogP contribution in [0.4, 0.5) is 11.4 Å². The quantitative estimate of drug-likeness (QED) is 0.897. The minimum absolute atomic E-state index is 0.0118. The standard InChI is InChI=1S/C20H30N4O2/c1-15-14-18(24-12-10-22(3)11-13-24)4-5-19(15)21-20(26)17-6-8-23(9-7-17)16(2)25/h4-5,14,17H,6-13H2,1-3H3,(H,21,26). The SMILES string of the molecule is CC(=O)N1CCC(C(=O)Nc2ccc(N3CCN(C)CC3)cc2C)CC1. The summed E-state index contributed by atoms with van der Waals surface area (Å²) in [6.07, 6.45) is 1.48. The number of nitrogens with one attached hydrogen (secondary N) is 1. The van der Waals surface area contributed by atoms with E-state index in [-0.39, 0.29) is 17.7 Å². The number of benzene rings is 1. The van der Waals surface area contributed by atoms with E-state index >= 15 is 0 Å². The predicted octanol–water partition coefficient (Wildman–Crippen LogP) is 1.94. The van der Waals surface area contributed by atoms with Crippen molar-refractivity contribution in [3.63, 3.8) is 0 Å². The van der Waals surface area contributed by atoms with Crippen molar-refractivity contribution < 1.29 is 9.59 Å². The molecule has 2 fully saturated rings. The molecule has 2 amide bonds. The number of amides is 2. The molecular weight excluding hydrogens is 328 g/mol. The van der Waals surface area contributed by atoms with Gasteiger partial charge >= 0.3 is 0 Å². The molecule has 1 aromatic rings. The molecule has 0 saturated carbocycles. The summed E-state index contributed by atoms with van der Waals surface area (Å²) in [5.41, 5.74) is 3.21. The molecule has 26 heavy (non-hydrogen) atoms. The maximum Gasteiger partial charge on any atom is 0.227 e. The van der Waals surface area contributed by atoms with Crippen LogP contribution in [0.15, 0.2) is 18.2 Å². The Bertz CT molecular complexity index is 660. The van der Waals surface area contributed by atoms with Crippen molar-refractivity contribution in [2.24, 2.45) is 5.92 Å². The van der Waals surface area contributed by atoms with Crippen LogP contribution in [-0.2, 0) is 9.59 Å². The van der Waals surface area contributed by atoms with Crippen LogP contribution in [0.25, 0.3) is 0 Å². The molecule has 1 N–H and O–H groups in total. The van der Waals surface area contributed by atoms with Crippen molar-refractivity contribution in [1.82, 2.24) is 9.80 Å². The Balaban J connectivity index is 1.58. The average Bonchev–Trinajstić information content (AvgIpc) is 2.64. The van der Waals surface area contributed by atoms with Gasteiger partial charge in [-0.25, -0.2) is 0 Å². The molecule has 2 aliphatic rings. The number of hydrogen-bond acceptors (Lipinski definition) is 4. The Morgan fingerprint density at radius 3 is 2.27 bits per heavy atom. The summed E-state index contributed by atoms with van der Waals surface area (Å²) in [5, 5.41) is 3.09. The summed E-state index contributed by atoms with van der Waals surface area (Å²) in [7, 11) is 2.15. The Kier molecular flexibility index (Phi) is 5.81. The van der Waals surface area contributed by atoms with Crippen LogP contribution in [-0.4, -0.2) is 67.9 Å². The number of rotatable bonds is 3. The molecule has 0 unspecified atom stereocenters. The van der Waals surface area contributed by atoms with E-state index in [0.717, 1.165) is 50.3 Å². The minimum atomic E-state index is -0.0118. The molecular formula is C20H30N4O2. The third kappa shape index (κ3) is 4.36. The zero-order valence-corrected chi connectivity index (χ0v) is 16.1. The van der Waals surface area contributed by atoms with Gasteiger partial charge in [-0.05, 0) is 50.6 Å². The van der Waals surface area contributed by atoms with Crippen LogP contribution in [0, 0.1) is 12.8 Å². The number of piperazine rings is 1. The highest BCUT2D eigenvalue weighted by Gasteiger charge is 2.26. The Hall–Kier alpha value is -2.08. The normalized spacial score (nSPS) is 19.5. The van der Waals surface area contributed by atoms with Gasteiger partial charge in [0.25, 0.3) is 0 Å². The molecule has 3 rings (SSSR count). The fourth-order valence-corrected chi connectivity index (χ4v) is 3.74. The molecule has 6 heteroatoms. The lowest BCUT2D eigenvalue weighted by Gasteiger charge is -2.34. The largest absolute Gasteiger partial charge is 0.369 e. The average molecular weight is 358 g/mol. The smallest absolute Gasteiger partial charge is 0.227 e. The molecule has 2 saturated heterocycles. The first kappa shape index (κ1) is 18.7. The second-order valence-corrected chi connectivity index (χ2v) is 7.56. The van der Waals surface area contributed by atoms with Gasteiger partial charge in [0.05, 0.1) is 0 Å². The van der Waals surface area contributed by atoms with E-state index in [2.05, 4.69) is 34.3 Å². The third-order valence-corrected chi connectivity index (χ3v) is 5.65. The molecule has 6 nitrogen and oxygen atoms in total. The van der Waals surface area contributed by atoms with E-state index in [4.69, 9.17) is 0 Å². The van der Waals surface area contributed by atoms with Crippen LogP contribution in [0.2, 0.25) is 0 Å². The van der Waals surface area contributed by atoms with Gasteiger partial charge in [0.2, 0.25) is 11.8 Å². The van der Waals surface area contributed by atoms with Crippen molar-refractivity contribution in [2.75, 3.05) is 56.5 Å². The third-order valence-electron chi connectivity index (χ3n) is 5.65. The van der Waals surface area contributed by atoms with Gasteiger partial charge in [-0.3, -0.25) is 9.59 Å². The minimum Gasteiger partial charge on any atom is -0.369 e. The van der Waals surface area contributed by atoms with Crippen molar-refractivity contribution in [3.05, 3.63) is 23.8 Å². The van der Waals surface area contributed by atoms with E-state index in [1.165, 1.54) is 5.69 Å². The first-order valence-electron chi connectivity index (χ1n) is 9.54. The molecule has 0 aromatic heterocycles. The molecule has 0 radical (unpaired) electrons. The first-order valence-corrected chi connectivity index (χ1v) is 9.54. The second-order valence-electron chi connectivity index (χ2n) is 7.56. The molecule has 2 aliphatic heterocycles. The number of carbonyl (C=O) groups excluding carboxylic acids is 2. The molecule has 0 aliphatic carbocycles. The zero-order chi connectivity index (χ0) is 18.7. The number of aryl methyl sites for hydroxylation is 1. The lowest BCUT2D eigenvalue weighted by molar-refractivity contribution is -0.132. The molecule has 142 valence electrons. The summed E-state index contributed by atoms with van der Waals surface area (Å²) in [6.45, 7) is 9.22. The number of hydrogen-bond donors (Lipinski definition) is 1. The van der Waals surface area contributed by atoms with E-state index < -0.39 is 0 Å². The highest BCUT2D eigenvalue weighted by atomic mass is 16.2. The maximum atomic E-state index is 12.6. The topological polar surface area (TPSA) is 55.9 Å². The fourth-order valence-electron chi connectivity index (χ4n) is 3.74. The van der Waals surface area contributed by atoms with Gasteiger partial charge < -0.3 is 20.0 Å². The molecule has 0 atom stereocenters. The van der Waals surface area contributed by atoms with Crippen molar-refractivity contribution in [2.45, 2.75) is 26.7 Å². The number of nitrogens with zero attached hydrogens (tertiary/aromatic N) is 3. The van der Waals surface area contributed by atoms with E-state index in [9.17, 15) is 9.59 Å². The maximum absolute atomic E-state index is 12.6. The summed E-state index contributed by atoms with van der Waals surface area (Å²) >= 11 is 0. The van der Waals surface area contributed by atoms with Crippen LogP contribution in [0.3, 0.4) is 0 Å². The first-order chi connectivity index (χ1) is 12.4. The van der Waals surface area contributed by atoms with Crippen molar-refractivity contribution >= 4 is 23.2 Å². The monoisotopic (exact) mass is 358 g/mol. The second kappa shape index (κ2) is 8.08. The summed E-state index contributed by atoms with van der Waals surface area (Å²) in [5.74, 6) is 0.158.